The summed E-state index contributed by atoms with van der Waals surface area (Å²) in [5, 5.41) is 0. The molecule has 0 N–H and O–H groups in total. The molecule has 0 aromatic heterocycles. The standard InChI is InChI=1S/2C14H22O6/c2*1-11(15)19-13(17)9-7-5-3-4-6-8-10-14(18)20-12(2)16/h2*3-10H2,1-2H3. The van der Waals surface area contributed by atoms with Gasteiger partial charge in [0.1, 0.15) is 0 Å². The van der Waals surface area contributed by atoms with Crippen molar-refractivity contribution in [2.45, 2.75) is 130 Å². The summed E-state index contributed by atoms with van der Waals surface area (Å²) in [6.45, 7) is 4.81. The maximum Gasteiger partial charge on any atom is 0.313 e. The highest BCUT2D eigenvalue weighted by Gasteiger charge is 2.08. The van der Waals surface area contributed by atoms with E-state index in [-0.39, 0.29) is 25.7 Å². The summed E-state index contributed by atoms with van der Waals surface area (Å²) < 4.78 is 17.6. The minimum absolute atomic E-state index is 0.254. The molecule has 0 aromatic carbocycles. The van der Waals surface area contributed by atoms with Crippen molar-refractivity contribution in [1.82, 2.24) is 0 Å². The molecule has 0 bridgehead atoms. The van der Waals surface area contributed by atoms with Crippen LogP contribution in [0.25, 0.3) is 0 Å². The van der Waals surface area contributed by atoms with Crippen LogP contribution < -0.4 is 0 Å². The summed E-state index contributed by atoms with van der Waals surface area (Å²) in [5.74, 6) is -4.23. The van der Waals surface area contributed by atoms with Crippen LogP contribution in [0.5, 0.6) is 0 Å². The van der Waals surface area contributed by atoms with E-state index in [1.165, 1.54) is 27.7 Å². The first-order valence-electron chi connectivity index (χ1n) is 13.7. The lowest BCUT2D eigenvalue weighted by Crippen LogP contribution is -2.08. The van der Waals surface area contributed by atoms with E-state index in [0.717, 1.165) is 51.4 Å². The Balaban J connectivity index is 0. The van der Waals surface area contributed by atoms with E-state index in [0.29, 0.717) is 25.7 Å². The van der Waals surface area contributed by atoms with E-state index in [2.05, 4.69) is 18.9 Å². The van der Waals surface area contributed by atoms with Gasteiger partial charge < -0.3 is 18.9 Å². The second-order valence-electron chi connectivity index (χ2n) is 9.11. The molecular weight excluding hydrogens is 528 g/mol. The Morgan fingerprint density at radius 3 is 0.600 bits per heavy atom. The van der Waals surface area contributed by atoms with Crippen LogP contribution in [-0.2, 0) is 57.3 Å². The fourth-order valence-corrected chi connectivity index (χ4v) is 3.34. The fourth-order valence-electron chi connectivity index (χ4n) is 3.34. The lowest BCUT2D eigenvalue weighted by atomic mass is 10.1. The van der Waals surface area contributed by atoms with Crippen molar-refractivity contribution in [1.29, 1.82) is 0 Å². The van der Waals surface area contributed by atoms with Crippen molar-refractivity contribution >= 4 is 47.8 Å². The number of carbonyl (C=O) groups is 8. The first kappa shape index (κ1) is 38.7. The Morgan fingerprint density at radius 1 is 0.300 bits per heavy atom. The van der Waals surface area contributed by atoms with Gasteiger partial charge in [-0.25, -0.2) is 0 Å². The van der Waals surface area contributed by atoms with Gasteiger partial charge in [0.15, 0.2) is 0 Å². The molecule has 0 aliphatic heterocycles. The molecule has 0 saturated heterocycles. The fraction of sp³-hybridized carbons (Fsp3) is 0.714. The highest BCUT2D eigenvalue weighted by molar-refractivity contribution is 5.85. The summed E-state index contributed by atoms with van der Waals surface area (Å²) in [7, 11) is 0. The van der Waals surface area contributed by atoms with E-state index in [9.17, 15) is 38.4 Å². The van der Waals surface area contributed by atoms with Crippen molar-refractivity contribution < 1.29 is 57.3 Å². The molecule has 0 aliphatic carbocycles. The number of carbonyl (C=O) groups excluding carboxylic acids is 8. The zero-order valence-electron chi connectivity index (χ0n) is 24.2. The topological polar surface area (TPSA) is 173 Å². The van der Waals surface area contributed by atoms with Crippen LogP contribution in [0.1, 0.15) is 130 Å². The maximum absolute atomic E-state index is 11.0. The molecule has 0 heterocycles. The molecule has 0 fully saturated rings. The van der Waals surface area contributed by atoms with E-state index in [1.807, 2.05) is 0 Å². The molecule has 0 unspecified atom stereocenters. The predicted octanol–water partition coefficient (Wildman–Crippen LogP) is 4.57. The Hall–Kier alpha value is -3.44. The minimum Gasteiger partial charge on any atom is -0.393 e. The normalized spacial score (nSPS) is 9.90. The third-order valence-corrected chi connectivity index (χ3v) is 5.05. The van der Waals surface area contributed by atoms with Gasteiger partial charge in [0, 0.05) is 53.4 Å². The van der Waals surface area contributed by atoms with Crippen molar-refractivity contribution in [3.05, 3.63) is 0 Å². The van der Waals surface area contributed by atoms with Crippen molar-refractivity contribution in [3.8, 4) is 0 Å². The van der Waals surface area contributed by atoms with E-state index in [4.69, 9.17) is 0 Å². The van der Waals surface area contributed by atoms with Gasteiger partial charge in [-0.05, 0) is 25.7 Å². The quantitative estimate of drug-likeness (QED) is 0.0969. The molecule has 40 heavy (non-hydrogen) atoms. The third kappa shape index (κ3) is 32.6. The van der Waals surface area contributed by atoms with Crippen LogP contribution in [-0.4, -0.2) is 47.8 Å². The highest BCUT2D eigenvalue weighted by atomic mass is 16.6. The highest BCUT2D eigenvalue weighted by Crippen LogP contribution is 2.11. The van der Waals surface area contributed by atoms with Crippen LogP contribution in [0.4, 0.5) is 0 Å². The van der Waals surface area contributed by atoms with Gasteiger partial charge in [-0.15, -0.1) is 0 Å². The Morgan fingerprint density at radius 2 is 0.450 bits per heavy atom. The molecular formula is C28H44O12. The first-order chi connectivity index (χ1) is 18.8. The molecule has 0 radical (unpaired) electrons. The van der Waals surface area contributed by atoms with Gasteiger partial charge in [-0.2, -0.15) is 0 Å². The molecule has 0 saturated carbocycles. The number of hydrogen-bond donors (Lipinski definition) is 0. The lowest BCUT2D eigenvalue weighted by molar-refractivity contribution is -0.160. The molecule has 0 amide bonds. The minimum atomic E-state index is -0.576. The average Bonchev–Trinajstić information content (AvgIpc) is 2.81. The summed E-state index contributed by atoms with van der Waals surface area (Å²) >= 11 is 0. The average molecular weight is 573 g/mol. The molecule has 12 heteroatoms. The number of esters is 8. The van der Waals surface area contributed by atoms with Crippen LogP contribution in [0.15, 0.2) is 0 Å². The van der Waals surface area contributed by atoms with Crippen molar-refractivity contribution in [3.63, 3.8) is 0 Å². The molecule has 0 aromatic rings. The van der Waals surface area contributed by atoms with Gasteiger partial charge in [0.25, 0.3) is 0 Å². The van der Waals surface area contributed by atoms with Gasteiger partial charge in [-0.1, -0.05) is 51.4 Å². The van der Waals surface area contributed by atoms with E-state index >= 15 is 0 Å². The summed E-state index contributed by atoms with van der Waals surface area (Å²) in [5.41, 5.74) is 0. The Kier molecular flexibility index (Phi) is 25.0. The van der Waals surface area contributed by atoms with Gasteiger partial charge >= 0.3 is 47.8 Å². The summed E-state index contributed by atoms with van der Waals surface area (Å²) in [6.07, 6.45) is 11.1. The predicted molar refractivity (Wildman–Crippen MR) is 141 cm³/mol. The maximum atomic E-state index is 11.0. The van der Waals surface area contributed by atoms with E-state index in [1.54, 1.807) is 0 Å². The smallest absolute Gasteiger partial charge is 0.313 e. The number of rotatable bonds is 18. The summed E-state index contributed by atoms with van der Waals surface area (Å²) in [6, 6.07) is 0. The van der Waals surface area contributed by atoms with Crippen molar-refractivity contribution in [2.75, 3.05) is 0 Å². The van der Waals surface area contributed by atoms with Crippen LogP contribution in [0, 0.1) is 0 Å². The number of unbranched alkanes of at least 4 members (excludes halogenated alkanes) is 10. The number of hydrogen-bond acceptors (Lipinski definition) is 12. The molecule has 0 aliphatic rings. The van der Waals surface area contributed by atoms with Crippen LogP contribution in [0.3, 0.4) is 0 Å². The molecule has 0 atom stereocenters. The second kappa shape index (κ2) is 25.8. The van der Waals surface area contributed by atoms with Gasteiger partial charge in [0.2, 0.25) is 0 Å². The second-order valence-corrected chi connectivity index (χ2v) is 9.11. The molecule has 228 valence electrons. The van der Waals surface area contributed by atoms with Crippen molar-refractivity contribution in [2.24, 2.45) is 0 Å². The van der Waals surface area contributed by atoms with Crippen LogP contribution in [0.2, 0.25) is 0 Å². The summed E-state index contributed by atoms with van der Waals surface area (Å²) in [4.78, 5) is 86.0. The first-order valence-corrected chi connectivity index (χ1v) is 13.7. The van der Waals surface area contributed by atoms with Gasteiger partial charge in [-0.3, -0.25) is 38.4 Å². The van der Waals surface area contributed by atoms with Gasteiger partial charge in [0.05, 0.1) is 0 Å². The molecule has 0 rings (SSSR count). The molecule has 0 spiro atoms. The Bertz CT molecular complexity index is 695. The van der Waals surface area contributed by atoms with E-state index < -0.39 is 47.8 Å². The largest absolute Gasteiger partial charge is 0.393 e. The Labute approximate surface area is 235 Å². The third-order valence-electron chi connectivity index (χ3n) is 5.05. The molecule has 12 nitrogen and oxygen atoms in total. The van der Waals surface area contributed by atoms with Crippen LogP contribution >= 0.6 is 0 Å². The zero-order chi connectivity index (χ0) is 30.8. The SMILES string of the molecule is CC(=O)OC(=O)CCCCCCCCC(=O)OC(C)=O.CC(=O)OC(=O)CCCCCCCCC(=O)OC(C)=O. The zero-order valence-corrected chi connectivity index (χ0v) is 24.2. The number of ether oxygens (including phenoxy) is 4. The monoisotopic (exact) mass is 572 g/mol. The lowest BCUT2D eigenvalue weighted by Gasteiger charge is -2.02.